The lowest BCUT2D eigenvalue weighted by Crippen LogP contribution is -2.31. The molecule has 1 heterocycles. The van der Waals surface area contributed by atoms with Gasteiger partial charge in [-0.25, -0.2) is 13.3 Å². The van der Waals surface area contributed by atoms with Crippen LogP contribution in [0, 0.1) is 0 Å². The molecule has 0 spiro atoms. The van der Waals surface area contributed by atoms with Crippen molar-refractivity contribution in [3.8, 4) is 0 Å². The van der Waals surface area contributed by atoms with Crippen molar-refractivity contribution in [1.29, 1.82) is 0 Å². The monoisotopic (exact) mass is 480 g/mol. The third kappa shape index (κ3) is 4.96. The van der Waals surface area contributed by atoms with Crippen molar-refractivity contribution >= 4 is 45.0 Å². The van der Waals surface area contributed by atoms with Crippen LogP contribution in [-0.4, -0.2) is 25.5 Å². The molecule has 4 rings (SSSR count). The second-order valence-electron chi connectivity index (χ2n) is 8.04. The van der Waals surface area contributed by atoms with Gasteiger partial charge in [-0.2, -0.15) is 0 Å². The molecule has 0 radical (unpaired) electrons. The molecule has 0 bridgehead atoms. The summed E-state index contributed by atoms with van der Waals surface area (Å²) in [6.07, 6.45) is 0.0508. The number of hydrogen-bond acceptors (Lipinski definition) is 5. The number of rotatable bonds is 7. The van der Waals surface area contributed by atoms with Crippen molar-refractivity contribution in [3.63, 3.8) is 0 Å². The quantitative estimate of drug-likeness (QED) is 0.479. The lowest BCUT2D eigenvalue weighted by Gasteiger charge is -2.17. The van der Waals surface area contributed by atoms with Crippen LogP contribution >= 0.6 is 11.8 Å². The maximum Gasteiger partial charge on any atom is 0.261 e. The van der Waals surface area contributed by atoms with Gasteiger partial charge in [-0.15, -0.1) is 11.8 Å². The van der Waals surface area contributed by atoms with E-state index in [1.165, 1.54) is 28.8 Å². The van der Waals surface area contributed by atoms with Gasteiger partial charge in [0, 0.05) is 11.3 Å². The summed E-state index contributed by atoms with van der Waals surface area (Å²) in [5.41, 5.74) is 2.05. The Morgan fingerprint density at radius 1 is 0.909 bits per heavy atom. The molecular formula is C25H24N2O4S2. The summed E-state index contributed by atoms with van der Waals surface area (Å²) in [5, 5.41) is -0.635. The summed E-state index contributed by atoms with van der Waals surface area (Å²) < 4.78 is 28.1. The van der Waals surface area contributed by atoms with Crippen LogP contribution in [0.3, 0.4) is 0 Å². The van der Waals surface area contributed by atoms with E-state index >= 15 is 0 Å². The Balaban J connectivity index is 1.54. The highest BCUT2D eigenvalue weighted by atomic mass is 32.2. The Labute approximate surface area is 198 Å². The number of carbonyl (C=O) groups excluding carboxylic acids is 2. The van der Waals surface area contributed by atoms with Crippen LogP contribution < -0.4 is 9.62 Å². The van der Waals surface area contributed by atoms with Gasteiger partial charge in [-0.05, 0) is 47.9 Å². The van der Waals surface area contributed by atoms with E-state index in [4.69, 9.17) is 0 Å². The molecule has 2 amide bonds. The van der Waals surface area contributed by atoms with E-state index in [0.29, 0.717) is 22.2 Å². The number of thioether (sulfide) groups is 1. The molecule has 0 aliphatic carbocycles. The molecule has 1 aliphatic heterocycles. The summed E-state index contributed by atoms with van der Waals surface area (Å²) in [4.78, 5) is 27.7. The van der Waals surface area contributed by atoms with Gasteiger partial charge in [0.1, 0.15) is 0 Å². The molecule has 8 heteroatoms. The first-order chi connectivity index (χ1) is 15.8. The molecule has 1 N–H and O–H groups in total. The van der Waals surface area contributed by atoms with Crippen LogP contribution in [0.25, 0.3) is 0 Å². The zero-order valence-electron chi connectivity index (χ0n) is 18.3. The third-order valence-corrected chi connectivity index (χ3v) is 8.02. The number of benzene rings is 3. The maximum atomic E-state index is 13.1. The molecule has 1 unspecified atom stereocenters. The maximum absolute atomic E-state index is 13.1. The number of para-hydroxylation sites is 1. The zero-order valence-corrected chi connectivity index (χ0v) is 19.9. The van der Waals surface area contributed by atoms with E-state index in [1.54, 1.807) is 54.6 Å². The van der Waals surface area contributed by atoms with Crippen LogP contribution in [0.2, 0.25) is 0 Å². The molecule has 1 atom stereocenters. The molecule has 1 fully saturated rings. The second kappa shape index (κ2) is 9.41. The summed E-state index contributed by atoms with van der Waals surface area (Å²) in [5.74, 6) is -0.219. The van der Waals surface area contributed by atoms with E-state index in [2.05, 4.69) is 18.6 Å². The van der Waals surface area contributed by atoms with Gasteiger partial charge in [0.25, 0.3) is 10.0 Å². The van der Waals surface area contributed by atoms with Crippen LogP contribution in [0.15, 0.2) is 88.7 Å². The minimum atomic E-state index is -3.78. The lowest BCUT2D eigenvalue weighted by atomic mass is 10.0. The van der Waals surface area contributed by atoms with E-state index < -0.39 is 15.3 Å². The SMILES string of the molecule is CC(C)c1ccc(N2C(=O)CC(Sc3ccccc3NS(=O)(=O)c3ccccc3)C2=O)cc1. The Morgan fingerprint density at radius 3 is 2.21 bits per heavy atom. The van der Waals surface area contributed by atoms with Gasteiger partial charge in [0.15, 0.2) is 0 Å². The number of sulfonamides is 1. The highest BCUT2D eigenvalue weighted by molar-refractivity contribution is 8.01. The van der Waals surface area contributed by atoms with Crippen molar-refractivity contribution in [3.05, 3.63) is 84.4 Å². The van der Waals surface area contributed by atoms with Crippen molar-refractivity contribution < 1.29 is 18.0 Å². The average Bonchev–Trinajstić information content (AvgIpc) is 3.08. The fraction of sp³-hybridized carbons (Fsp3) is 0.200. The molecule has 33 heavy (non-hydrogen) atoms. The van der Waals surface area contributed by atoms with Crippen LogP contribution in [-0.2, 0) is 19.6 Å². The number of imide groups is 1. The first-order valence-corrected chi connectivity index (χ1v) is 12.9. The van der Waals surface area contributed by atoms with Gasteiger partial charge in [0.05, 0.1) is 21.5 Å². The first-order valence-electron chi connectivity index (χ1n) is 10.6. The van der Waals surface area contributed by atoms with Crippen molar-refractivity contribution in [2.45, 2.75) is 41.2 Å². The lowest BCUT2D eigenvalue weighted by molar-refractivity contribution is -0.121. The van der Waals surface area contributed by atoms with Crippen LogP contribution in [0.5, 0.6) is 0 Å². The minimum Gasteiger partial charge on any atom is -0.278 e. The van der Waals surface area contributed by atoms with Gasteiger partial charge in [-0.1, -0.05) is 56.3 Å². The molecule has 6 nitrogen and oxygen atoms in total. The summed E-state index contributed by atoms with van der Waals surface area (Å²) in [6.45, 7) is 4.16. The standard InChI is InChI=1S/C25H24N2O4S2/c1-17(2)18-12-14-19(15-13-18)27-24(28)16-23(25(27)29)32-22-11-7-6-10-21(22)26-33(30,31)20-8-4-3-5-9-20/h3-15,17,23,26H,16H2,1-2H3. The molecular weight excluding hydrogens is 456 g/mol. The van der Waals surface area contributed by atoms with Gasteiger partial charge in [-0.3, -0.25) is 14.3 Å². The number of anilines is 2. The second-order valence-corrected chi connectivity index (χ2v) is 11.0. The average molecular weight is 481 g/mol. The van der Waals surface area contributed by atoms with Gasteiger partial charge >= 0.3 is 0 Å². The molecule has 3 aromatic rings. The van der Waals surface area contributed by atoms with E-state index in [1.807, 2.05) is 12.1 Å². The predicted molar refractivity (Wildman–Crippen MR) is 131 cm³/mol. The Morgan fingerprint density at radius 2 is 1.55 bits per heavy atom. The van der Waals surface area contributed by atoms with Crippen LogP contribution in [0.4, 0.5) is 11.4 Å². The molecule has 0 aromatic heterocycles. The number of nitrogens with zero attached hydrogens (tertiary/aromatic N) is 1. The fourth-order valence-electron chi connectivity index (χ4n) is 3.59. The van der Waals surface area contributed by atoms with E-state index in [0.717, 1.165) is 5.56 Å². The van der Waals surface area contributed by atoms with Crippen molar-refractivity contribution in [2.24, 2.45) is 0 Å². The molecule has 1 aliphatic rings. The smallest absolute Gasteiger partial charge is 0.261 e. The summed E-state index contributed by atoms with van der Waals surface area (Å²) >= 11 is 1.19. The Hall–Kier alpha value is -3.10. The Kier molecular flexibility index (Phi) is 6.58. The highest BCUT2D eigenvalue weighted by Gasteiger charge is 2.40. The topological polar surface area (TPSA) is 83.6 Å². The van der Waals surface area contributed by atoms with E-state index in [9.17, 15) is 18.0 Å². The minimum absolute atomic E-state index is 0.0508. The molecule has 170 valence electrons. The number of hydrogen-bond donors (Lipinski definition) is 1. The van der Waals surface area contributed by atoms with Gasteiger partial charge in [0.2, 0.25) is 11.8 Å². The summed E-state index contributed by atoms with van der Waals surface area (Å²) in [6, 6.07) is 22.4. The largest absolute Gasteiger partial charge is 0.278 e. The first kappa shape index (κ1) is 23.1. The highest BCUT2D eigenvalue weighted by Crippen LogP contribution is 2.38. The number of amides is 2. The summed E-state index contributed by atoms with van der Waals surface area (Å²) in [7, 11) is -3.78. The molecule has 0 saturated carbocycles. The van der Waals surface area contributed by atoms with E-state index in [-0.39, 0.29) is 23.1 Å². The molecule has 3 aromatic carbocycles. The normalized spacial score (nSPS) is 16.5. The Bertz CT molecular complexity index is 1270. The fourth-order valence-corrected chi connectivity index (χ4v) is 5.89. The van der Waals surface area contributed by atoms with Crippen molar-refractivity contribution in [1.82, 2.24) is 0 Å². The number of carbonyl (C=O) groups is 2. The van der Waals surface area contributed by atoms with Crippen molar-refractivity contribution in [2.75, 3.05) is 9.62 Å². The van der Waals surface area contributed by atoms with Crippen LogP contribution in [0.1, 0.15) is 31.7 Å². The third-order valence-electron chi connectivity index (χ3n) is 5.38. The number of nitrogens with one attached hydrogen (secondary N) is 1. The molecule has 1 saturated heterocycles. The van der Waals surface area contributed by atoms with Gasteiger partial charge < -0.3 is 0 Å². The predicted octanol–water partition coefficient (Wildman–Crippen LogP) is 5.04. The zero-order chi connectivity index (χ0) is 23.6.